The Morgan fingerprint density at radius 3 is 2.67 bits per heavy atom. The molecule has 0 saturated carbocycles. The molecule has 1 aliphatic rings. The van der Waals surface area contributed by atoms with Crippen LogP contribution in [-0.4, -0.2) is 23.4 Å². The van der Waals surface area contributed by atoms with Crippen LogP contribution in [0.2, 0.25) is 0 Å². The summed E-state index contributed by atoms with van der Waals surface area (Å²) in [6.45, 7) is 10.5. The molecule has 1 fully saturated rings. The summed E-state index contributed by atoms with van der Waals surface area (Å²) in [5.74, 6) is 1.08. The Morgan fingerprint density at radius 1 is 1.23 bits per heavy atom. The van der Waals surface area contributed by atoms with Crippen molar-refractivity contribution in [1.82, 2.24) is 0 Å². The maximum atomic E-state index is 13.1. The summed E-state index contributed by atoms with van der Waals surface area (Å²) in [5, 5.41) is 0. The van der Waals surface area contributed by atoms with E-state index >= 15 is 0 Å². The van der Waals surface area contributed by atoms with Gasteiger partial charge in [-0.1, -0.05) is 54.3 Å². The van der Waals surface area contributed by atoms with Crippen molar-refractivity contribution in [3.63, 3.8) is 0 Å². The number of rotatable bonds is 7. The molecule has 3 rings (SSSR count). The molecule has 2 aromatic carbocycles. The van der Waals surface area contributed by atoms with Crippen molar-refractivity contribution in [3.05, 3.63) is 69.1 Å². The van der Waals surface area contributed by atoms with Gasteiger partial charge in [0.15, 0.2) is 15.8 Å². The largest absolute Gasteiger partial charge is 0.490 e. The van der Waals surface area contributed by atoms with Crippen LogP contribution in [0.25, 0.3) is 6.08 Å². The van der Waals surface area contributed by atoms with Gasteiger partial charge in [-0.2, -0.15) is 0 Å². The zero-order valence-corrected chi connectivity index (χ0v) is 20.2. The van der Waals surface area contributed by atoms with Crippen molar-refractivity contribution in [2.24, 2.45) is 0 Å². The van der Waals surface area contributed by atoms with Crippen LogP contribution < -0.4 is 14.4 Å². The highest BCUT2D eigenvalue weighted by Gasteiger charge is 2.34. The van der Waals surface area contributed by atoms with E-state index in [9.17, 15) is 4.79 Å². The van der Waals surface area contributed by atoms with Crippen molar-refractivity contribution in [2.45, 2.75) is 20.8 Å². The summed E-state index contributed by atoms with van der Waals surface area (Å²) in [5.41, 5.74) is 3.79. The normalized spacial score (nSPS) is 15.1. The lowest BCUT2D eigenvalue weighted by molar-refractivity contribution is -0.113. The van der Waals surface area contributed by atoms with Gasteiger partial charge < -0.3 is 9.47 Å². The number of anilines is 1. The van der Waals surface area contributed by atoms with Crippen LogP contribution in [-0.2, 0) is 4.79 Å². The number of hydrogen-bond acceptors (Lipinski definition) is 5. The Balaban J connectivity index is 1.96. The van der Waals surface area contributed by atoms with Gasteiger partial charge in [0.2, 0.25) is 0 Å². The second-order valence-corrected chi connectivity index (χ2v) is 9.20. The van der Waals surface area contributed by atoms with Gasteiger partial charge in [0.05, 0.1) is 21.7 Å². The Hall–Kier alpha value is -2.09. The number of nitrogens with zero attached hydrogens (tertiary/aromatic N) is 1. The lowest BCUT2D eigenvalue weighted by atomic mass is 10.1. The van der Waals surface area contributed by atoms with E-state index in [1.165, 1.54) is 11.8 Å². The van der Waals surface area contributed by atoms with Crippen LogP contribution >= 0.6 is 39.9 Å². The number of carbonyl (C=O) groups is 1. The molecule has 0 atom stereocenters. The van der Waals surface area contributed by atoms with Crippen LogP contribution in [0, 0.1) is 13.8 Å². The number of thiocarbonyl (C=S) groups is 1. The van der Waals surface area contributed by atoms with E-state index in [0.717, 1.165) is 26.9 Å². The smallest absolute Gasteiger partial charge is 0.270 e. The van der Waals surface area contributed by atoms with Crippen molar-refractivity contribution < 1.29 is 14.3 Å². The molecule has 0 spiro atoms. The number of amides is 1. The molecule has 7 heteroatoms. The van der Waals surface area contributed by atoms with Gasteiger partial charge in [-0.15, -0.1) is 0 Å². The van der Waals surface area contributed by atoms with E-state index in [1.807, 2.05) is 57.2 Å². The third-order valence-corrected chi connectivity index (χ3v) is 6.25. The topological polar surface area (TPSA) is 38.8 Å². The first-order chi connectivity index (χ1) is 14.3. The van der Waals surface area contributed by atoms with Crippen LogP contribution in [0.4, 0.5) is 5.69 Å². The molecule has 0 N–H and O–H groups in total. The second-order valence-electron chi connectivity index (χ2n) is 6.67. The lowest BCUT2D eigenvalue weighted by Gasteiger charge is -2.17. The molecule has 0 aromatic heterocycles. The average Bonchev–Trinajstić information content (AvgIpc) is 2.95. The summed E-state index contributed by atoms with van der Waals surface area (Å²) in [4.78, 5) is 15.3. The SMILES string of the molecule is C=CCOc1c(Br)cc(/C=C2\SC(=S)N(c3ccc(C)cc3C)C2=O)cc1OCC. The summed E-state index contributed by atoms with van der Waals surface area (Å²) in [6.07, 6.45) is 3.50. The highest BCUT2D eigenvalue weighted by molar-refractivity contribution is 9.10. The van der Waals surface area contributed by atoms with Crippen LogP contribution in [0.15, 0.2) is 52.4 Å². The molecule has 0 unspecified atom stereocenters. The van der Waals surface area contributed by atoms with Gasteiger partial charge in [0.25, 0.3) is 5.91 Å². The molecule has 1 saturated heterocycles. The Kier molecular flexibility index (Phi) is 7.39. The van der Waals surface area contributed by atoms with Gasteiger partial charge in [-0.05, 0) is 72.1 Å². The average molecular weight is 504 g/mol. The third kappa shape index (κ3) is 4.79. The van der Waals surface area contributed by atoms with Crippen molar-refractivity contribution in [2.75, 3.05) is 18.1 Å². The monoisotopic (exact) mass is 503 g/mol. The molecule has 1 heterocycles. The molecule has 156 valence electrons. The van der Waals surface area contributed by atoms with Gasteiger partial charge in [0.1, 0.15) is 6.61 Å². The van der Waals surface area contributed by atoms with Gasteiger partial charge in [0, 0.05) is 0 Å². The maximum absolute atomic E-state index is 13.1. The molecule has 1 amide bonds. The van der Waals surface area contributed by atoms with E-state index in [-0.39, 0.29) is 5.91 Å². The minimum atomic E-state index is -0.127. The van der Waals surface area contributed by atoms with Crippen molar-refractivity contribution >= 4 is 61.9 Å². The Labute approximate surface area is 195 Å². The summed E-state index contributed by atoms with van der Waals surface area (Å²) in [7, 11) is 0. The molecule has 2 aromatic rings. The summed E-state index contributed by atoms with van der Waals surface area (Å²) >= 11 is 10.3. The van der Waals surface area contributed by atoms with Crippen LogP contribution in [0.1, 0.15) is 23.6 Å². The zero-order chi connectivity index (χ0) is 21.8. The van der Waals surface area contributed by atoms with Crippen LogP contribution in [0.5, 0.6) is 11.5 Å². The Morgan fingerprint density at radius 2 is 2.00 bits per heavy atom. The number of hydrogen-bond donors (Lipinski definition) is 0. The first kappa shape index (κ1) is 22.6. The zero-order valence-electron chi connectivity index (χ0n) is 17.0. The molecule has 0 aliphatic carbocycles. The fourth-order valence-corrected chi connectivity index (χ4v) is 4.96. The van der Waals surface area contributed by atoms with Crippen molar-refractivity contribution in [3.8, 4) is 11.5 Å². The van der Waals surface area contributed by atoms with Crippen molar-refractivity contribution in [1.29, 1.82) is 0 Å². The van der Waals surface area contributed by atoms with E-state index in [2.05, 4.69) is 22.5 Å². The number of carbonyl (C=O) groups excluding carboxylic acids is 1. The molecule has 0 radical (unpaired) electrons. The van der Waals surface area contributed by atoms with E-state index in [0.29, 0.717) is 33.9 Å². The number of benzene rings is 2. The standard InChI is InChI=1S/C23H22BrNO3S2/c1-5-9-28-21-17(24)11-16(12-19(21)27-6-2)13-20-22(26)25(23(29)30-20)18-8-7-14(3)10-15(18)4/h5,7-8,10-13H,1,6,9H2,2-4H3/b20-13-. The predicted molar refractivity (Wildman–Crippen MR) is 133 cm³/mol. The van der Waals surface area contributed by atoms with E-state index in [1.54, 1.807) is 11.0 Å². The highest BCUT2D eigenvalue weighted by Crippen LogP contribution is 2.40. The second kappa shape index (κ2) is 9.81. The van der Waals surface area contributed by atoms with Crippen LogP contribution in [0.3, 0.4) is 0 Å². The lowest BCUT2D eigenvalue weighted by Crippen LogP contribution is -2.28. The predicted octanol–water partition coefficient (Wildman–Crippen LogP) is 6.44. The first-order valence-corrected chi connectivity index (χ1v) is 11.4. The quantitative estimate of drug-likeness (QED) is 0.247. The number of aryl methyl sites for hydroxylation is 2. The first-order valence-electron chi connectivity index (χ1n) is 9.41. The number of thioether (sulfide) groups is 1. The maximum Gasteiger partial charge on any atom is 0.270 e. The molecule has 4 nitrogen and oxygen atoms in total. The summed E-state index contributed by atoms with van der Waals surface area (Å²) < 4.78 is 12.7. The number of halogens is 1. The van der Waals surface area contributed by atoms with Gasteiger partial charge in [-0.25, -0.2) is 0 Å². The fourth-order valence-electron chi connectivity index (χ4n) is 3.10. The van der Waals surface area contributed by atoms with Gasteiger partial charge >= 0.3 is 0 Å². The molecular formula is C23H22BrNO3S2. The highest BCUT2D eigenvalue weighted by atomic mass is 79.9. The third-order valence-electron chi connectivity index (χ3n) is 4.36. The molecule has 0 bridgehead atoms. The minimum Gasteiger partial charge on any atom is -0.490 e. The fraction of sp³-hybridized carbons (Fsp3) is 0.217. The van der Waals surface area contributed by atoms with E-state index in [4.69, 9.17) is 21.7 Å². The van der Waals surface area contributed by atoms with Gasteiger partial charge in [-0.3, -0.25) is 9.69 Å². The van der Waals surface area contributed by atoms with E-state index < -0.39 is 0 Å². The molecule has 1 aliphatic heterocycles. The molecule has 30 heavy (non-hydrogen) atoms. The minimum absolute atomic E-state index is 0.127. The molecular weight excluding hydrogens is 482 g/mol. The Bertz CT molecular complexity index is 1050. The number of ether oxygens (including phenoxy) is 2. The summed E-state index contributed by atoms with van der Waals surface area (Å²) in [6, 6.07) is 9.72.